The van der Waals surface area contributed by atoms with Gasteiger partial charge in [-0.15, -0.1) is 0 Å². The molecule has 1 heterocycles. The van der Waals surface area contributed by atoms with Crippen LogP contribution in [0.1, 0.15) is 17.0 Å². The number of benzene rings is 2. The summed E-state index contributed by atoms with van der Waals surface area (Å²) in [6.07, 6.45) is 4.46. The van der Waals surface area contributed by atoms with Crippen LogP contribution in [0.4, 0.5) is 0 Å². The van der Waals surface area contributed by atoms with Crippen molar-refractivity contribution in [3.63, 3.8) is 0 Å². The normalized spacial score (nSPS) is 18.9. The van der Waals surface area contributed by atoms with Crippen LogP contribution in [0.15, 0.2) is 66.7 Å². The van der Waals surface area contributed by atoms with Gasteiger partial charge in [-0.05, 0) is 23.3 Å². The number of hydrogen-bond donors (Lipinski definition) is 1. The first-order chi connectivity index (χ1) is 9.88. The van der Waals surface area contributed by atoms with E-state index in [9.17, 15) is 0 Å². The first-order valence-corrected chi connectivity index (χ1v) is 6.97. The molecule has 20 heavy (non-hydrogen) atoms. The zero-order valence-electron chi connectivity index (χ0n) is 11.6. The summed E-state index contributed by atoms with van der Waals surface area (Å²) in [7, 11) is 1.70. The Bertz CT molecular complexity index is 574. The third kappa shape index (κ3) is 2.61. The SMILES string of the molecule is COc1ccc([C@H](c2ccccc2)[C@@H]2C=CCN2)cc1. The molecule has 0 fully saturated rings. The molecular formula is C18H19NO. The van der Waals surface area contributed by atoms with E-state index in [1.54, 1.807) is 7.11 Å². The first kappa shape index (κ1) is 12.9. The molecule has 2 nitrogen and oxygen atoms in total. The summed E-state index contributed by atoms with van der Waals surface area (Å²) in [5.74, 6) is 1.23. The number of nitrogens with one attached hydrogen (secondary N) is 1. The molecule has 3 rings (SSSR count). The second kappa shape index (κ2) is 5.93. The van der Waals surface area contributed by atoms with Crippen molar-refractivity contribution in [3.05, 3.63) is 77.9 Å². The topological polar surface area (TPSA) is 21.3 Å². The fourth-order valence-electron chi connectivity index (χ4n) is 2.79. The second-order valence-electron chi connectivity index (χ2n) is 5.02. The second-order valence-corrected chi connectivity index (χ2v) is 5.02. The number of hydrogen-bond acceptors (Lipinski definition) is 2. The van der Waals surface area contributed by atoms with Crippen LogP contribution in [-0.2, 0) is 0 Å². The first-order valence-electron chi connectivity index (χ1n) is 6.97. The van der Waals surface area contributed by atoms with Crippen LogP contribution in [0, 0.1) is 0 Å². The molecule has 0 bridgehead atoms. The Morgan fingerprint density at radius 3 is 2.30 bits per heavy atom. The standard InChI is InChI=1S/C18H19NO/c1-20-16-11-9-15(10-12-16)18(17-8-5-13-19-17)14-6-3-2-4-7-14/h2-12,17-19H,13H2,1H3/t17-,18-/m0/s1. The molecule has 0 amide bonds. The number of ether oxygens (including phenoxy) is 1. The number of methoxy groups -OCH3 is 1. The molecule has 0 spiro atoms. The maximum absolute atomic E-state index is 5.25. The fourth-order valence-corrected chi connectivity index (χ4v) is 2.79. The Morgan fingerprint density at radius 2 is 1.70 bits per heavy atom. The molecule has 0 saturated heterocycles. The maximum atomic E-state index is 5.25. The van der Waals surface area contributed by atoms with Gasteiger partial charge in [-0.3, -0.25) is 0 Å². The molecule has 1 aliphatic heterocycles. The Labute approximate surface area is 120 Å². The average Bonchev–Trinajstić information content (AvgIpc) is 3.03. The minimum absolute atomic E-state index is 0.334. The highest BCUT2D eigenvalue weighted by Crippen LogP contribution is 2.31. The molecular weight excluding hydrogens is 246 g/mol. The minimum Gasteiger partial charge on any atom is -0.497 e. The smallest absolute Gasteiger partial charge is 0.118 e. The molecule has 0 aliphatic carbocycles. The van der Waals surface area contributed by atoms with Crippen molar-refractivity contribution < 1.29 is 4.74 Å². The van der Waals surface area contributed by atoms with E-state index in [2.05, 4.69) is 59.9 Å². The lowest BCUT2D eigenvalue weighted by Gasteiger charge is -2.24. The van der Waals surface area contributed by atoms with E-state index in [0.29, 0.717) is 12.0 Å². The van der Waals surface area contributed by atoms with Gasteiger partial charge in [-0.1, -0.05) is 54.6 Å². The van der Waals surface area contributed by atoms with Gasteiger partial charge in [0.1, 0.15) is 5.75 Å². The predicted molar refractivity (Wildman–Crippen MR) is 82.2 cm³/mol. The lowest BCUT2D eigenvalue weighted by atomic mass is 9.85. The molecule has 2 aromatic carbocycles. The molecule has 0 aromatic heterocycles. The monoisotopic (exact) mass is 265 g/mol. The Balaban J connectivity index is 1.98. The molecule has 0 unspecified atom stereocenters. The Kier molecular flexibility index (Phi) is 3.84. The van der Waals surface area contributed by atoms with E-state index in [1.807, 2.05) is 12.1 Å². The average molecular weight is 265 g/mol. The van der Waals surface area contributed by atoms with Crippen LogP contribution < -0.4 is 10.1 Å². The largest absolute Gasteiger partial charge is 0.497 e. The fraction of sp³-hybridized carbons (Fsp3) is 0.222. The summed E-state index contributed by atoms with van der Waals surface area (Å²) < 4.78 is 5.25. The van der Waals surface area contributed by atoms with Crippen molar-refractivity contribution in [2.24, 2.45) is 0 Å². The van der Waals surface area contributed by atoms with E-state index < -0.39 is 0 Å². The lowest BCUT2D eigenvalue weighted by Crippen LogP contribution is -2.29. The lowest BCUT2D eigenvalue weighted by molar-refractivity contribution is 0.414. The molecule has 0 saturated carbocycles. The number of rotatable bonds is 4. The van der Waals surface area contributed by atoms with E-state index in [-0.39, 0.29) is 0 Å². The highest BCUT2D eigenvalue weighted by atomic mass is 16.5. The molecule has 2 heteroatoms. The van der Waals surface area contributed by atoms with Crippen LogP contribution in [0.2, 0.25) is 0 Å². The summed E-state index contributed by atoms with van der Waals surface area (Å²) in [5.41, 5.74) is 2.64. The van der Waals surface area contributed by atoms with Gasteiger partial charge >= 0.3 is 0 Å². The van der Waals surface area contributed by atoms with Gasteiger partial charge in [-0.2, -0.15) is 0 Å². The zero-order valence-corrected chi connectivity index (χ0v) is 11.6. The molecule has 102 valence electrons. The minimum atomic E-state index is 0.334. The van der Waals surface area contributed by atoms with Crippen LogP contribution in [0.3, 0.4) is 0 Å². The van der Waals surface area contributed by atoms with E-state index in [4.69, 9.17) is 4.74 Å². The summed E-state index contributed by atoms with van der Waals surface area (Å²) in [6.45, 7) is 0.949. The van der Waals surface area contributed by atoms with Gasteiger partial charge in [0.05, 0.1) is 7.11 Å². The summed E-state index contributed by atoms with van der Waals surface area (Å²) in [6, 6.07) is 19.4. The van der Waals surface area contributed by atoms with E-state index >= 15 is 0 Å². The highest BCUT2D eigenvalue weighted by molar-refractivity contribution is 5.39. The predicted octanol–water partition coefficient (Wildman–Crippen LogP) is 3.36. The highest BCUT2D eigenvalue weighted by Gasteiger charge is 2.24. The summed E-state index contributed by atoms with van der Waals surface area (Å²) in [4.78, 5) is 0. The van der Waals surface area contributed by atoms with E-state index in [1.165, 1.54) is 11.1 Å². The summed E-state index contributed by atoms with van der Waals surface area (Å²) in [5, 5.41) is 3.54. The molecule has 2 aromatic rings. The van der Waals surface area contributed by atoms with Crippen molar-refractivity contribution in [1.82, 2.24) is 5.32 Å². The quantitative estimate of drug-likeness (QED) is 0.856. The molecule has 1 N–H and O–H groups in total. The van der Waals surface area contributed by atoms with Crippen molar-refractivity contribution in [2.45, 2.75) is 12.0 Å². The van der Waals surface area contributed by atoms with Gasteiger partial charge in [0.2, 0.25) is 0 Å². The van der Waals surface area contributed by atoms with Gasteiger partial charge in [0.15, 0.2) is 0 Å². The zero-order chi connectivity index (χ0) is 13.8. The maximum Gasteiger partial charge on any atom is 0.118 e. The van der Waals surface area contributed by atoms with Gasteiger partial charge in [0.25, 0.3) is 0 Å². The van der Waals surface area contributed by atoms with Crippen LogP contribution >= 0.6 is 0 Å². The third-order valence-corrected chi connectivity index (χ3v) is 3.81. The van der Waals surface area contributed by atoms with Crippen molar-refractivity contribution in [2.75, 3.05) is 13.7 Å². The van der Waals surface area contributed by atoms with Gasteiger partial charge in [-0.25, -0.2) is 0 Å². The van der Waals surface area contributed by atoms with Gasteiger partial charge < -0.3 is 10.1 Å². The molecule has 1 aliphatic rings. The summed E-state index contributed by atoms with van der Waals surface area (Å²) >= 11 is 0. The van der Waals surface area contributed by atoms with Crippen LogP contribution in [-0.4, -0.2) is 19.7 Å². The van der Waals surface area contributed by atoms with Crippen molar-refractivity contribution >= 4 is 0 Å². The molecule has 2 atom stereocenters. The Hall–Kier alpha value is -2.06. The van der Waals surface area contributed by atoms with E-state index in [0.717, 1.165) is 12.3 Å². The van der Waals surface area contributed by atoms with Crippen molar-refractivity contribution in [3.8, 4) is 5.75 Å². The molecule has 0 radical (unpaired) electrons. The van der Waals surface area contributed by atoms with Crippen LogP contribution in [0.5, 0.6) is 5.75 Å². The third-order valence-electron chi connectivity index (χ3n) is 3.81. The van der Waals surface area contributed by atoms with Gasteiger partial charge in [0, 0.05) is 18.5 Å². The van der Waals surface area contributed by atoms with Crippen molar-refractivity contribution in [1.29, 1.82) is 0 Å². The Morgan fingerprint density at radius 1 is 1.00 bits per heavy atom. The van der Waals surface area contributed by atoms with Crippen LogP contribution in [0.25, 0.3) is 0 Å².